The first-order valence-electron chi connectivity index (χ1n) is 5.38. The maximum atomic E-state index is 11.4. The molecule has 96 valence electrons. The third kappa shape index (κ3) is 5.16. The standard InChI is InChI=1S/C13H15NO4/c1-9(2)7-12(15)14-10-3-5-11(6-4-10)18-8-13(16)17/h3-7H,8H2,1-2H3,(H,14,15)(H,16,17). The molecule has 0 fully saturated rings. The molecule has 0 aliphatic heterocycles. The number of anilines is 1. The molecule has 5 heteroatoms. The van der Waals surface area contributed by atoms with Crippen LogP contribution < -0.4 is 10.1 Å². The highest BCUT2D eigenvalue weighted by Gasteiger charge is 2.01. The first-order valence-corrected chi connectivity index (χ1v) is 5.38. The Morgan fingerprint density at radius 2 is 1.89 bits per heavy atom. The fourth-order valence-corrected chi connectivity index (χ4v) is 1.22. The third-order valence-corrected chi connectivity index (χ3v) is 1.90. The molecule has 0 heterocycles. The van der Waals surface area contributed by atoms with E-state index in [1.54, 1.807) is 24.3 Å². The molecule has 1 aromatic carbocycles. The molecule has 0 atom stereocenters. The molecule has 0 bridgehead atoms. The number of carbonyl (C=O) groups excluding carboxylic acids is 1. The van der Waals surface area contributed by atoms with Gasteiger partial charge in [-0.15, -0.1) is 0 Å². The Hall–Kier alpha value is -2.30. The summed E-state index contributed by atoms with van der Waals surface area (Å²) in [5.74, 6) is -0.789. The van der Waals surface area contributed by atoms with Crippen molar-refractivity contribution in [3.8, 4) is 5.75 Å². The molecule has 0 aliphatic rings. The lowest BCUT2D eigenvalue weighted by atomic mass is 10.3. The summed E-state index contributed by atoms with van der Waals surface area (Å²) in [7, 11) is 0. The zero-order valence-corrected chi connectivity index (χ0v) is 10.3. The summed E-state index contributed by atoms with van der Waals surface area (Å²) in [6.07, 6.45) is 1.49. The minimum absolute atomic E-state index is 0.200. The van der Waals surface area contributed by atoms with Crippen LogP contribution in [0.25, 0.3) is 0 Å². The summed E-state index contributed by atoms with van der Waals surface area (Å²) < 4.78 is 4.97. The van der Waals surface area contributed by atoms with Crippen molar-refractivity contribution in [2.45, 2.75) is 13.8 Å². The molecule has 0 unspecified atom stereocenters. The smallest absolute Gasteiger partial charge is 0.341 e. The first-order chi connectivity index (χ1) is 8.47. The van der Waals surface area contributed by atoms with Gasteiger partial charge >= 0.3 is 5.97 Å². The van der Waals surface area contributed by atoms with E-state index in [2.05, 4.69) is 5.32 Å². The van der Waals surface area contributed by atoms with Crippen LogP contribution in [-0.4, -0.2) is 23.6 Å². The molecule has 1 rings (SSSR count). The Morgan fingerprint density at radius 3 is 2.39 bits per heavy atom. The van der Waals surface area contributed by atoms with Gasteiger partial charge in [-0.25, -0.2) is 4.79 Å². The van der Waals surface area contributed by atoms with Gasteiger partial charge in [-0.3, -0.25) is 4.79 Å². The molecule has 2 N–H and O–H groups in total. The average Bonchev–Trinajstić information content (AvgIpc) is 2.26. The highest BCUT2D eigenvalue weighted by molar-refractivity contribution is 5.99. The van der Waals surface area contributed by atoms with Crippen molar-refractivity contribution in [1.82, 2.24) is 0 Å². The first kappa shape index (κ1) is 13.8. The average molecular weight is 249 g/mol. The van der Waals surface area contributed by atoms with Gasteiger partial charge in [-0.05, 0) is 38.1 Å². The highest BCUT2D eigenvalue weighted by Crippen LogP contribution is 2.15. The zero-order chi connectivity index (χ0) is 13.5. The number of hydrogen-bond acceptors (Lipinski definition) is 3. The molecule has 5 nitrogen and oxygen atoms in total. The number of benzene rings is 1. The molecule has 18 heavy (non-hydrogen) atoms. The van der Waals surface area contributed by atoms with Gasteiger partial charge in [0.1, 0.15) is 5.75 Å². The van der Waals surface area contributed by atoms with E-state index in [1.807, 2.05) is 13.8 Å². The Balaban J connectivity index is 2.57. The van der Waals surface area contributed by atoms with Gasteiger partial charge < -0.3 is 15.2 Å². The number of allylic oxidation sites excluding steroid dienone is 1. The van der Waals surface area contributed by atoms with E-state index >= 15 is 0 Å². The molecule has 0 radical (unpaired) electrons. The van der Waals surface area contributed by atoms with Crippen LogP contribution >= 0.6 is 0 Å². The Bertz CT molecular complexity index is 458. The monoisotopic (exact) mass is 249 g/mol. The number of carboxylic acid groups (broad SMARTS) is 1. The van der Waals surface area contributed by atoms with Gasteiger partial charge in [0.25, 0.3) is 0 Å². The van der Waals surface area contributed by atoms with Crippen molar-refractivity contribution in [3.63, 3.8) is 0 Å². The van der Waals surface area contributed by atoms with Crippen molar-refractivity contribution >= 4 is 17.6 Å². The van der Waals surface area contributed by atoms with Crippen molar-refractivity contribution < 1.29 is 19.4 Å². The molecule has 0 saturated carbocycles. The summed E-state index contributed by atoms with van der Waals surface area (Å²) in [4.78, 5) is 21.7. The van der Waals surface area contributed by atoms with Crippen LogP contribution in [0, 0.1) is 0 Å². The zero-order valence-electron chi connectivity index (χ0n) is 10.3. The molecule has 0 saturated heterocycles. The van der Waals surface area contributed by atoms with Crippen LogP contribution in [0.4, 0.5) is 5.69 Å². The number of nitrogens with one attached hydrogen (secondary N) is 1. The SMILES string of the molecule is CC(C)=CC(=O)Nc1ccc(OCC(=O)O)cc1. The number of rotatable bonds is 5. The lowest BCUT2D eigenvalue weighted by molar-refractivity contribution is -0.139. The van der Waals surface area contributed by atoms with E-state index in [0.717, 1.165) is 5.57 Å². The van der Waals surface area contributed by atoms with E-state index in [0.29, 0.717) is 11.4 Å². The molecule has 1 amide bonds. The number of amides is 1. The van der Waals surface area contributed by atoms with Crippen LogP contribution in [0.15, 0.2) is 35.9 Å². The van der Waals surface area contributed by atoms with Crippen molar-refractivity contribution in [3.05, 3.63) is 35.9 Å². The maximum Gasteiger partial charge on any atom is 0.341 e. The number of carboxylic acids is 1. The second kappa shape index (κ2) is 6.44. The van der Waals surface area contributed by atoms with Gasteiger partial charge in [-0.1, -0.05) is 5.57 Å². The number of hydrogen-bond donors (Lipinski definition) is 2. The fourth-order valence-electron chi connectivity index (χ4n) is 1.22. The van der Waals surface area contributed by atoms with Crippen LogP contribution in [0.2, 0.25) is 0 Å². The largest absolute Gasteiger partial charge is 0.482 e. The number of aliphatic carboxylic acids is 1. The Kier molecular flexibility index (Phi) is 4.92. The minimum Gasteiger partial charge on any atom is -0.482 e. The van der Waals surface area contributed by atoms with Crippen LogP contribution in [0.3, 0.4) is 0 Å². The second-order valence-electron chi connectivity index (χ2n) is 3.92. The van der Waals surface area contributed by atoms with Gasteiger partial charge in [0, 0.05) is 11.8 Å². The van der Waals surface area contributed by atoms with Crippen LogP contribution in [-0.2, 0) is 9.59 Å². The topological polar surface area (TPSA) is 75.6 Å². The van der Waals surface area contributed by atoms with Gasteiger partial charge in [0.05, 0.1) is 0 Å². The lowest BCUT2D eigenvalue weighted by Crippen LogP contribution is -2.10. The predicted octanol–water partition coefficient (Wildman–Crippen LogP) is 2.05. The normalized spacial score (nSPS) is 9.44. The number of carbonyl (C=O) groups is 2. The number of ether oxygens (including phenoxy) is 1. The van der Waals surface area contributed by atoms with E-state index < -0.39 is 5.97 Å². The lowest BCUT2D eigenvalue weighted by Gasteiger charge is -2.05. The van der Waals surface area contributed by atoms with E-state index in [-0.39, 0.29) is 12.5 Å². The summed E-state index contributed by atoms with van der Waals surface area (Å²) in [5, 5.41) is 11.1. The van der Waals surface area contributed by atoms with Crippen LogP contribution in [0.1, 0.15) is 13.8 Å². The third-order valence-electron chi connectivity index (χ3n) is 1.90. The molecular weight excluding hydrogens is 234 g/mol. The summed E-state index contributed by atoms with van der Waals surface area (Å²) in [6.45, 7) is 3.29. The quantitative estimate of drug-likeness (QED) is 0.783. The van der Waals surface area contributed by atoms with Crippen LogP contribution in [0.5, 0.6) is 5.75 Å². The van der Waals surface area contributed by atoms with E-state index in [1.165, 1.54) is 6.08 Å². The Morgan fingerprint density at radius 1 is 1.28 bits per heavy atom. The summed E-state index contributed by atoms with van der Waals surface area (Å²) >= 11 is 0. The van der Waals surface area contributed by atoms with Crippen molar-refractivity contribution in [2.24, 2.45) is 0 Å². The summed E-state index contributed by atoms with van der Waals surface area (Å²) in [6, 6.07) is 6.49. The van der Waals surface area contributed by atoms with Crippen molar-refractivity contribution in [2.75, 3.05) is 11.9 Å². The minimum atomic E-state index is -1.03. The Labute approximate surface area is 105 Å². The van der Waals surface area contributed by atoms with Gasteiger partial charge in [-0.2, -0.15) is 0 Å². The highest BCUT2D eigenvalue weighted by atomic mass is 16.5. The molecule has 0 aliphatic carbocycles. The van der Waals surface area contributed by atoms with E-state index in [4.69, 9.17) is 9.84 Å². The van der Waals surface area contributed by atoms with E-state index in [9.17, 15) is 9.59 Å². The fraction of sp³-hybridized carbons (Fsp3) is 0.231. The molecular formula is C13H15NO4. The van der Waals surface area contributed by atoms with Gasteiger partial charge in [0.2, 0.25) is 5.91 Å². The molecule has 0 spiro atoms. The molecule has 0 aromatic heterocycles. The summed E-state index contributed by atoms with van der Waals surface area (Å²) in [5.41, 5.74) is 1.54. The second-order valence-corrected chi connectivity index (χ2v) is 3.92. The van der Waals surface area contributed by atoms with Crippen molar-refractivity contribution in [1.29, 1.82) is 0 Å². The van der Waals surface area contributed by atoms with Gasteiger partial charge in [0.15, 0.2) is 6.61 Å². The molecule has 1 aromatic rings. The predicted molar refractivity (Wildman–Crippen MR) is 67.6 cm³/mol. The maximum absolute atomic E-state index is 11.4.